The Kier molecular flexibility index (Phi) is 10.5. The van der Waals surface area contributed by atoms with Crippen LogP contribution < -0.4 is 5.32 Å². The van der Waals surface area contributed by atoms with E-state index in [0.29, 0.717) is 13.2 Å². The lowest BCUT2D eigenvalue weighted by molar-refractivity contribution is 0.197. The minimum Gasteiger partial charge on any atom is -0.469 e. The van der Waals surface area contributed by atoms with Gasteiger partial charge in [-0.25, -0.2) is 0 Å². The van der Waals surface area contributed by atoms with E-state index in [1.165, 1.54) is 45.3 Å². The highest BCUT2D eigenvalue weighted by atomic mass is 127. The Bertz CT molecular complexity index is 532. The van der Waals surface area contributed by atoms with E-state index in [0.717, 1.165) is 43.7 Å². The molecular weight excluding hydrogens is 455 g/mol. The third-order valence-electron chi connectivity index (χ3n) is 5.34. The molecule has 0 saturated carbocycles. The number of rotatable bonds is 8. The fourth-order valence-corrected chi connectivity index (χ4v) is 3.94. The van der Waals surface area contributed by atoms with Crippen molar-refractivity contribution < 1.29 is 9.15 Å². The van der Waals surface area contributed by atoms with Crippen molar-refractivity contribution in [3.8, 4) is 0 Å². The van der Waals surface area contributed by atoms with E-state index >= 15 is 0 Å². The number of methoxy groups -OCH3 is 1. The van der Waals surface area contributed by atoms with Gasteiger partial charge in [-0.15, -0.1) is 24.0 Å². The molecule has 0 aliphatic carbocycles. The van der Waals surface area contributed by atoms with Crippen molar-refractivity contribution in [1.29, 1.82) is 0 Å². The van der Waals surface area contributed by atoms with Crippen molar-refractivity contribution >= 4 is 29.9 Å². The Labute approximate surface area is 180 Å². The topological polar surface area (TPSA) is 53.2 Å². The molecule has 2 aliphatic rings. The maximum Gasteiger partial charge on any atom is 0.194 e. The van der Waals surface area contributed by atoms with Crippen LogP contribution in [0.4, 0.5) is 0 Å². The molecule has 2 saturated heterocycles. The van der Waals surface area contributed by atoms with Gasteiger partial charge in [0.05, 0.1) is 19.4 Å². The van der Waals surface area contributed by atoms with Crippen LogP contribution in [0.15, 0.2) is 27.8 Å². The van der Waals surface area contributed by atoms with Crippen molar-refractivity contribution in [2.45, 2.75) is 32.1 Å². The molecule has 2 fully saturated rings. The summed E-state index contributed by atoms with van der Waals surface area (Å²) in [4.78, 5) is 9.84. The third kappa shape index (κ3) is 7.62. The van der Waals surface area contributed by atoms with Crippen LogP contribution in [0.25, 0.3) is 0 Å². The minimum atomic E-state index is 0. The Morgan fingerprint density at radius 2 is 2.15 bits per heavy atom. The van der Waals surface area contributed by atoms with E-state index in [1.54, 1.807) is 13.4 Å². The molecule has 3 rings (SSSR count). The maximum absolute atomic E-state index is 5.42. The van der Waals surface area contributed by atoms with Crippen molar-refractivity contribution in [3.05, 3.63) is 24.2 Å². The SMILES string of the molecule is COCCN=C(NCCc1ccco1)N1CCC(CN2CCCCC2)C1.I. The predicted molar refractivity (Wildman–Crippen MR) is 120 cm³/mol. The van der Waals surface area contributed by atoms with Gasteiger partial charge >= 0.3 is 0 Å². The zero-order chi connectivity index (χ0) is 18.0. The second-order valence-corrected chi connectivity index (χ2v) is 7.42. The second kappa shape index (κ2) is 12.6. The Hall–Kier alpha value is -0.800. The van der Waals surface area contributed by atoms with Gasteiger partial charge in [0.1, 0.15) is 5.76 Å². The molecule has 1 unspecified atom stereocenters. The van der Waals surface area contributed by atoms with Gasteiger partial charge in [-0.2, -0.15) is 0 Å². The van der Waals surface area contributed by atoms with Crippen molar-refractivity contribution in [2.24, 2.45) is 10.9 Å². The van der Waals surface area contributed by atoms with Crippen LogP contribution in [0.2, 0.25) is 0 Å². The molecule has 154 valence electrons. The van der Waals surface area contributed by atoms with Gasteiger partial charge in [-0.3, -0.25) is 4.99 Å². The number of halogens is 1. The van der Waals surface area contributed by atoms with Gasteiger partial charge in [0, 0.05) is 39.7 Å². The molecule has 0 bridgehead atoms. The first-order valence-corrected chi connectivity index (χ1v) is 10.1. The normalized spacial score (nSPS) is 21.3. The van der Waals surface area contributed by atoms with Crippen LogP contribution in [-0.2, 0) is 11.2 Å². The standard InChI is InChI=1S/C20H34N4O2.HI/c1-25-15-10-22-20(21-9-7-19-6-5-14-26-19)24-13-8-18(17-24)16-23-11-3-2-4-12-23;/h5-6,14,18H,2-4,7-13,15-17H2,1H3,(H,21,22);1H. The van der Waals surface area contributed by atoms with E-state index in [2.05, 4.69) is 15.1 Å². The fourth-order valence-electron chi connectivity index (χ4n) is 3.94. The number of furan rings is 1. The quantitative estimate of drug-likeness (QED) is 0.263. The van der Waals surface area contributed by atoms with E-state index < -0.39 is 0 Å². The van der Waals surface area contributed by atoms with Crippen LogP contribution in [0, 0.1) is 5.92 Å². The first kappa shape index (κ1) is 22.5. The molecule has 0 amide bonds. The average Bonchev–Trinajstić information content (AvgIpc) is 3.34. The first-order valence-electron chi connectivity index (χ1n) is 10.1. The molecule has 1 aromatic heterocycles. The first-order chi connectivity index (χ1) is 12.8. The number of hydrogen-bond acceptors (Lipinski definition) is 4. The molecule has 0 radical (unpaired) electrons. The van der Waals surface area contributed by atoms with Crippen LogP contribution in [0.5, 0.6) is 0 Å². The van der Waals surface area contributed by atoms with Gasteiger partial charge in [0.2, 0.25) is 0 Å². The lowest BCUT2D eigenvalue weighted by Gasteiger charge is -2.29. The van der Waals surface area contributed by atoms with Crippen LogP contribution in [-0.4, -0.2) is 75.3 Å². The summed E-state index contributed by atoms with van der Waals surface area (Å²) in [5, 5.41) is 3.53. The summed E-state index contributed by atoms with van der Waals surface area (Å²) in [5.41, 5.74) is 0. The smallest absolute Gasteiger partial charge is 0.194 e. The van der Waals surface area contributed by atoms with Gasteiger partial charge in [-0.1, -0.05) is 6.42 Å². The number of ether oxygens (including phenoxy) is 1. The summed E-state index contributed by atoms with van der Waals surface area (Å²) >= 11 is 0. The van der Waals surface area contributed by atoms with E-state index in [4.69, 9.17) is 14.1 Å². The largest absolute Gasteiger partial charge is 0.469 e. The zero-order valence-corrected chi connectivity index (χ0v) is 18.9. The molecule has 3 heterocycles. The summed E-state index contributed by atoms with van der Waals surface area (Å²) in [7, 11) is 1.73. The number of piperidine rings is 1. The van der Waals surface area contributed by atoms with Crippen LogP contribution in [0.3, 0.4) is 0 Å². The van der Waals surface area contributed by atoms with Gasteiger partial charge in [-0.05, 0) is 50.4 Å². The van der Waals surface area contributed by atoms with Crippen LogP contribution >= 0.6 is 24.0 Å². The maximum atomic E-state index is 5.42. The summed E-state index contributed by atoms with van der Waals surface area (Å²) in [6.45, 7) is 8.22. The van der Waals surface area contributed by atoms with Crippen molar-refractivity contribution in [2.75, 3.05) is 59.5 Å². The Morgan fingerprint density at radius 3 is 2.89 bits per heavy atom. The van der Waals surface area contributed by atoms with Gasteiger partial charge in [0.25, 0.3) is 0 Å². The van der Waals surface area contributed by atoms with Crippen molar-refractivity contribution in [1.82, 2.24) is 15.1 Å². The number of aliphatic imine (C=N–C) groups is 1. The highest BCUT2D eigenvalue weighted by Crippen LogP contribution is 2.20. The minimum absolute atomic E-state index is 0. The number of hydrogen-bond donors (Lipinski definition) is 1. The molecule has 27 heavy (non-hydrogen) atoms. The van der Waals surface area contributed by atoms with Crippen LogP contribution in [0.1, 0.15) is 31.4 Å². The summed E-state index contributed by atoms with van der Waals surface area (Å²) in [6, 6.07) is 3.96. The third-order valence-corrected chi connectivity index (χ3v) is 5.34. The lowest BCUT2D eigenvalue weighted by Crippen LogP contribution is -2.42. The molecule has 6 nitrogen and oxygen atoms in total. The van der Waals surface area contributed by atoms with E-state index in [-0.39, 0.29) is 24.0 Å². The summed E-state index contributed by atoms with van der Waals surface area (Å²) < 4.78 is 10.6. The summed E-state index contributed by atoms with van der Waals surface area (Å²) in [5.74, 6) is 2.79. The Morgan fingerprint density at radius 1 is 1.30 bits per heavy atom. The highest BCUT2D eigenvalue weighted by Gasteiger charge is 2.27. The van der Waals surface area contributed by atoms with Crippen molar-refractivity contribution in [3.63, 3.8) is 0 Å². The molecule has 1 aromatic rings. The number of guanidine groups is 1. The predicted octanol–water partition coefficient (Wildman–Crippen LogP) is 2.84. The Balaban J connectivity index is 0.00000261. The molecular formula is C20H35IN4O2. The summed E-state index contributed by atoms with van der Waals surface area (Å²) in [6.07, 6.45) is 8.02. The number of nitrogens with one attached hydrogen (secondary N) is 1. The van der Waals surface area contributed by atoms with Gasteiger partial charge < -0.3 is 24.3 Å². The lowest BCUT2D eigenvalue weighted by atomic mass is 10.1. The van der Waals surface area contributed by atoms with E-state index in [1.807, 2.05) is 12.1 Å². The molecule has 1 N–H and O–H groups in total. The second-order valence-electron chi connectivity index (χ2n) is 7.42. The highest BCUT2D eigenvalue weighted by molar-refractivity contribution is 14.0. The molecule has 7 heteroatoms. The molecule has 0 spiro atoms. The molecule has 2 aliphatic heterocycles. The number of likely N-dealkylation sites (tertiary alicyclic amines) is 2. The average molecular weight is 490 g/mol. The monoisotopic (exact) mass is 490 g/mol. The zero-order valence-electron chi connectivity index (χ0n) is 16.6. The molecule has 1 atom stereocenters. The van der Waals surface area contributed by atoms with Gasteiger partial charge in [0.15, 0.2) is 5.96 Å². The van der Waals surface area contributed by atoms with E-state index in [9.17, 15) is 0 Å². The fraction of sp³-hybridized carbons (Fsp3) is 0.750. The number of nitrogens with zero attached hydrogens (tertiary/aromatic N) is 3. The molecule has 0 aromatic carbocycles.